The van der Waals surface area contributed by atoms with Crippen LogP contribution in [0.3, 0.4) is 0 Å². The maximum atomic E-state index is 5.03. The molecule has 0 saturated heterocycles. The molecule has 0 N–H and O–H groups in total. The Bertz CT molecular complexity index is 183. The number of hydrogen-bond acceptors (Lipinski definition) is 2. The lowest BCUT2D eigenvalue weighted by atomic mass is 10.4. The first-order valence-corrected chi connectivity index (χ1v) is 3.18. The SMILES string of the molecule is C#CCc1cscn1. The molecule has 1 heterocycles. The summed E-state index contributed by atoms with van der Waals surface area (Å²) in [5.41, 5.74) is 2.78. The van der Waals surface area contributed by atoms with Crippen LogP contribution in [-0.4, -0.2) is 4.98 Å². The predicted octanol–water partition coefficient (Wildman–Crippen LogP) is 1.32. The van der Waals surface area contributed by atoms with E-state index >= 15 is 0 Å². The molecule has 1 nitrogen and oxygen atoms in total. The zero-order valence-electron chi connectivity index (χ0n) is 4.29. The van der Waals surface area contributed by atoms with Crippen molar-refractivity contribution in [1.29, 1.82) is 0 Å². The van der Waals surface area contributed by atoms with E-state index in [0.29, 0.717) is 6.42 Å². The van der Waals surface area contributed by atoms with Crippen molar-refractivity contribution in [1.82, 2.24) is 4.98 Å². The maximum absolute atomic E-state index is 5.03. The number of hydrogen-bond donors (Lipinski definition) is 0. The molecule has 0 saturated carbocycles. The van der Waals surface area contributed by atoms with Crippen LogP contribution < -0.4 is 0 Å². The molecule has 0 atom stereocenters. The van der Waals surface area contributed by atoms with Crippen LogP contribution >= 0.6 is 11.3 Å². The molecule has 40 valence electrons. The zero-order valence-corrected chi connectivity index (χ0v) is 5.11. The van der Waals surface area contributed by atoms with Gasteiger partial charge < -0.3 is 0 Å². The van der Waals surface area contributed by atoms with Gasteiger partial charge in [-0.2, -0.15) is 0 Å². The molecule has 0 aliphatic carbocycles. The van der Waals surface area contributed by atoms with Crippen LogP contribution in [0.1, 0.15) is 5.69 Å². The van der Waals surface area contributed by atoms with Crippen molar-refractivity contribution in [3.8, 4) is 12.3 Å². The van der Waals surface area contributed by atoms with E-state index in [1.54, 1.807) is 16.8 Å². The molecule has 1 rings (SSSR count). The summed E-state index contributed by atoms with van der Waals surface area (Å²) in [6, 6.07) is 0. The molecule has 0 unspecified atom stereocenters. The van der Waals surface area contributed by atoms with Crippen molar-refractivity contribution >= 4 is 11.3 Å². The quantitative estimate of drug-likeness (QED) is 0.513. The monoisotopic (exact) mass is 123 g/mol. The molecule has 0 amide bonds. The third kappa shape index (κ3) is 1.08. The van der Waals surface area contributed by atoms with Crippen molar-refractivity contribution in [3.63, 3.8) is 0 Å². The first-order valence-electron chi connectivity index (χ1n) is 2.24. The number of terminal acetylenes is 1. The normalized spacial score (nSPS) is 8.38. The fraction of sp³-hybridized carbons (Fsp3) is 0.167. The van der Waals surface area contributed by atoms with Gasteiger partial charge in [-0.25, -0.2) is 4.98 Å². The molecule has 0 aliphatic rings. The highest BCUT2D eigenvalue weighted by molar-refractivity contribution is 7.07. The molecule has 0 aromatic carbocycles. The van der Waals surface area contributed by atoms with E-state index in [4.69, 9.17) is 6.42 Å². The minimum absolute atomic E-state index is 0.656. The number of thiazole rings is 1. The molecule has 0 fully saturated rings. The van der Waals surface area contributed by atoms with E-state index < -0.39 is 0 Å². The lowest BCUT2D eigenvalue weighted by Gasteiger charge is -1.77. The van der Waals surface area contributed by atoms with E-state index in [0.717, 1.165) is 5.69 Å². The summed E-state index contributed by atoms with van der Waals surface area (Å²) in [5.74, 6) is 2.51. The standard InChI is InChI=1S/C6H5NS/c1-2-3-6-4-8-5-7-6/h1,4-5H,3H2. The van der Waals surface area contributed by atoms with Gasteiger partial charge in [-0.05, 0) is 0 Å². The van der Waals surface area contributed by atoms with Gasteiger partial charge in [0, 0.05) is 5.38 Å². The lowest BCUT2D eigenvalue weighted by molar-refractivity contribution is 1.18. The summed E-state index contributed by atoms with van der Waals surface area (Å²) in [6.07, 6.45) is 5.69. The third-order valence-corrected chi connectivity index (χ3v) is 1.40. The van der Waals surface area contributed by atoms with Gasteiger partial charge >= 0.3 is 0 Å². The van der Waals surface area contributed by atoms with Crippen LogP contribution in [0.5, 0.6) is 0 Å². The molecule has 2 heteroatoms. The Balaban J connectivity index is 2.67. The molecule has 0 aliphatic heterocycles. The highest BCUT2D eigenvalue weighted by Gasteiger charge is 1.86. The van der Waals surface area contributed by atoms with Crippen molar-refractivity contribution in [2.24, 2.45) is 0 Å². The molecule has 0 radical (unpaired) electrons. The van der Waals surface area contributed by atoms with Crippen LogP contribution in [0, 0.1) is 12.3 Å². The summed E-state index contributed by atoms with van der Waals surface area (Å²) in [5, 5.41) is 1.96. The Morgan fingerprint density at radius 2 is 2.75 bits per heavy atom. The summed E-state index contributed by atoms with van der Waals surface area (Å²) >= 11 is 1.57. The van der Waals surface area contributed by atoms with Gasteiger partial charge in [0.25, 0.3) is 0 Å². The highest BCUT2D eigenvalue weighted by atomic mass is 32.1. The minimum atomic E-state index is 0.656. The molecule has 0 bridgehead atoms. The minimum Gasteiger partial charge on any atom is -0.249 e. The maximum Gasteiger partial charge on any atom is 0.0795 e. The van der Waals surface area contributed by atoms with Crippen molar-refractivity contribution < 1.29 is 0 Å². The van der Waals surface area contributed by atoms with Crippen LogP contribution in [0.25, 0.3) is 0 Å². The van der Waals surface area contributed by atoms with E-state index in [1.807, 2.05) is 5.38 Å². The fourth-order valence-electron chi connectivity index (χ4n) is 0.429. The average Bonchev–Trinajstić information content (AvgIpc) is 2.19. The number of nitrogens with zero attached hydrogens (tertiary/aromatic N) is 1. The number of rotatable bonds is 1. The molecule has 0 spiro atoms. The van der Waals surface area contributed by atoms with Gasteiger partial charge in [0.2, 0.25) is 0 Å². The lowest BCUT2D eigenvalue weighted by Crippen LogP contribution is -1.76. The van der Waals surface area contributed by atoms with Crippen LogP contribution in [0.15, 0.2) is 10.9 Å². The summed E-state index contributed by atoms with van der Waals surface area (Å²) in [6.45, 7) is 0. The summed E-state index contributed by atoms with van der Waals surface area (Å²) in [7, 11) is 0. The van der Waals surface area contributed by atoms with Gasteiger partial charge in [-0.1, -0.05) is 0 Å². The van der Waals surface area contributed by atoms with E-state index in [9.17, 15) is 0 Å². The first kappa shape index (κ1) is 5.33. The topological polar surface area (TPSA) is 12.9 Å². The van der Waals surface area contributed by atoms with Gasteiger partial charge in [0.05, 0.1) is 17.6 Å². The second-order valence-corrected chi connectivity index (χ2v) is 2.08. The van der Waals surface area contributed by atoms with E-state index in [-0.39, 0.29) is 0 Å². The Hall–Kier alpha value is -0.810. The predicted molar refractivity (Wildman–Crippen MR) is 34.7 cm³/mol. The van der Waals surface area contributed by atoms with Gasteiger partial charge in [0.15, 0.2) is 0 Å². The average molecular weight is 123 g/mol. The van der Waals surface area contributed by atoms with Crippen molar-refractivity contribution in [3.05, 3.63) is 16.6 Å². The van der Waals surface area contributed by atoms with Crippen LogP contribution in [0.4, 0.5) is 0 Å². The van der Waals surface area contributed by atoms with Crippen LogP contribution in [-0.2, 0) is 6.42 Å². The van der Waals surface area contributed by atoms with Gasteiger partial charge in [0.1, 0.15) is 0 Å². The Morgan fingerprint density at radius 3 is 3.25 bits per heavy atom. The first-order chi connectivity index (χ1) is 3.93. The van der Waals surface area contributed by atoms with Crippen LogP contribution in [0.2, 0.25) is 0 Å². The third-order valence-electron chi connectivity index (χ3n) is 0.767. The van der Waals surface area contributed by atoms with E-state index in [2.05, 4.69) is 10.9 Å². The van der Waals surface area contributed by atoms with Gasteiger partial charge in [-0.3, -0.25) is 0 Å². The molecular formula is C6H5NS. The molecule has 1 aromatic heterocycles. The Morgan fingerprint density at radius 1 is 1.88 bits per heavy atom. The second-order valence-electron chi connectivity index (χ2n) is 1.36. The largest absolute Gasteiger partial charge is 0.249 e. The second kappa shape index (κ2) is 2.49. The Kier molecular flexibility index (Phi) is 1.66. The van der Waals surface area contributed by atoms with Crippen molar-refractivity contribution in [2.45, 2.75) is 6.42 Å². The summed E-state index contributed by atoms with van der Waals surface area (Å²) < 4.78 is 0. The number of aromatic nitrogens is 1. The zero-order chi connectivity index (χ0) is 5.82. The molecule has 8 heavy (non-hydrogen) atoms. The Labute approximate surface area is 52.4 Å². The molecule has 1 aromatic rings. The fourth-order valence-corrected chi connectivity index (χ4v) is 0.988. The molecular weight excluding hydrogens is 118 g/mol. The highest BCUT2D eigenvalue weighted by Crippen LogP contribution is 1.99. The summed E-state index contributed by atoms with van der Waals surface area (Å²) in [4.78, 5) is 3.98. The van der Waals surface area contributed by atoms with Gasteiger partial charge in [-0.15, -0.1) is 23.7 Å². The smallest absolute Gasteiger partial charge is 0.0795 e. The van der Waals surface area contributed by atoms with Crippen molar-refractivity contribution in [2.75, 3.05) is 0 Å². The van der Waals surface area contributed by atoms with E-state index in [1.165, 1.54) is 0 Å².